The Kier molecular flexibility index (Phi) is 3.80. The maximum absolute atomic E-state index is 13.2. The number of Topliss-reactive ketones (excluding diaryl/α,β-unsaturated/α-hetero) is 1. The van der Waals surface area contributed by atoms with E-state index in [1.165, 1.54) is 12.1 Å². The molecule has 8 heteroatoms. The normalized spacial score (nSPS) is 11.7. The first kappa shape index (κ1) is 14.5. The molecule has 0 aliphatic rings. The van der Waals surface area contributed by atoms with Crippen LogP contribution in [-0.2, 0) is 6.54 Å². The van der Waals surface area contributed by atoms with Crippen molar-refractivity contribution in [1.82, 2.24) is 9.78 Å². The van der Waals surface area contributed by atoms with Crippen molar-refractivity contribution in [2.75, 3.05) is 0 Å². The van der Waals surface area contributed by atoms with Gasteiger partial charge in [0.25, 0.3) is 5.78 Å². The Hall–Kier alpha value is -1.89. The van der Waals surface area contributed by atoms with Crippen LogP contribution in [0.2, 0.25) is 5.02 Å². The lowest BCUT2D eigenvalue weighted by Gasteiger charge is -2.05. The van der Waals surface area contributed by atoms with Crippen LogP contribution in [0, 0.1) is 5.82 Å². The molecule has 0 fully saturated rings. The Labute approximate surface area is 115 Å². The summed E-state index contributed by atoms with van der Waals surface area (Å²) >= 11 is 5.72. The zero-order valence-electron chi connectivity index (χ0n) is 9.79. The number of carbonyl (C=O) groups is 1. The second-order valence-electron chi connectivity index (χ2n) is 3.97. The minimum atomic E-state index is -4.95. The monoisotopic (exact) mass is 306 g/mol. The Morgan fingerprint density at radius 3 is 2.70 bits per heavy atom. The fourth-order valence-electron chi connectivity index (χ4n) is 1.58. The molecular formula is C12H7ClF4N2O. The van der Waals surface area contributed by atoms with Gasteiger partial charge in [0.05, 0.1) is 23.3 Å². The molecule has 0 radical (unpaired) electrons. The van der Waals surface area contributed by atoms with Crippen LogP contribution in [0.15, 0.2) is 30.6 Å². The number of hydrogen-bond acceptors (Lipinski definition) is 2. The summed E-state index contributed by atoms with van der Waals surface area (Å²) in [6, 6.07) is 4.09. The molecule has 0 aliphatic carbocycles. The van der Waals surface area contributed by atoms with Crippen molar-refractivity contribution in [3.8, 4) is 0 Å². The SMILES string of the molecule is O=C(c1cnn(Cc2cccc(F)c2Cl)c1)C(F)(F)F. The topological polar surface area (TPSA) is 34.9 Å². The standard InChI is InChI=1S/C12H7ClF4N2O/c13-10-7(2-1-3-9(10)14)5-19-6-8(4-18-19)11(20)12(15,16)17/h1-4,6H,5H2. The molecule has 2 rings (SSSR count). The van der Waals surface area contributed by atoms with Gasteiger partial charge >= 0.3 is 6.18 Å². The summed E-state index contributed by atoms with van der Waals surface area (Å²) in [5.74, 6) is -2.61. The molecule has 0 N–H and O–H groups in total. The Balaban J connectivity index is 2.22. The molecule has 1 aromatic carbocycles. The van der Waals surface area contributed by atoms with Crippen molar-refractivity contribution in [2.24, 2.45) is 0 Å². The van der Waals surface area contributed by atoms with Gasteiger partial charge in [-0.15, -0.1) is 0 Å². The van der Waals surface area contributed by atoms with Crippen LogP contribution in [0.25, 0.3) is 0 Å². The van der Waals surface area contributed by atoms with Crippen LogP contribution in [0.1, 0.15) is 15.9 Å². The fourth-order valence-corrected chi connectivity index (χ4v) is 1.76. The fraction of sp³-hybridized carbons (Fsp3) is 0.167. The molecule has 2 aromatic rings. The van der Waals surface area contributed by atoms with Crippen LogP contribution < -0.4 is 0 Å². The first-order valence-corrected chi connectivity index (χ1v) is 5.73. The third-order valence-corrected chi connectivity index (χ3v) is 2.94. The zero-order valence-corrected chi connectivity index (χ0v) is 10.5. The molecule has 0 saturated heterocycles. The van der Waals surface area contributed by atoms with Crippen molar-refractivity contribution in [2.45, 2.75) is 12.7 Å². The molecule has 0 aliphatic heterocycles. The van der Waals surface area contributed by atoms with E-state index in [-0.39, 0.29) is 11.6 Å². The molecular weight excluding hydrogens is 300 g/mol. The van der Waals surface area contributed by atoms with Crippen molar-refractivity contribution >= 4 is 17.4 Å². The number of hydrogen-bond donors (Lipinski definition) is 0. The van der Waals surface area contributed by atoms with Crippen molar-refractivity contribution in [1.29, 1.82) is 0 Å². The van der Waals surface area contributed by atoms with Crippen LogP contribution in [-0.4, -0.2) is 21.7 Å². The first-order valence-electron chi connectivity index (χ1n) is 5.36. The number of alkyl halides is 3. The van der Waals surface area contributed by atoms with E-state index in [2.05, 4.69) is 5.10 Å². The highest BCUT2D eigenvalue weighted by atomic mass is 35.5. The van der Waals surface area contributed by atoms with E-state index < -0.39 is 23.3 Å². The van der Waals surface area contributed by atoms with Crippen LogP contribution in [0.5, 0.6) is 0 Å². The predicted octanol–water partition coefficient (Wildman–Crippen LogP) is 3.47. The lowest BCUT2D eigenvalue weighted by Crippen LogP contribution is -2.22. The lowest BCUT2D eigenvalue weighted by molar-refractivity contribution is -0.0885. The van der Waals surface area contributed by atoms with Gasteiger partial charge in [0.1, 0.15) is 5.82 Å². The lowest BCUT2D eigenvalue weighted by atomic mass is 10.2. The zero-order chi connectivity index (χ0) is 14.9. The molecule has 0 atom stereocenters. The average molecular weight is 307 g/mol. The van der Waals surface area contributed by atoms with Crippen LogP contribution in [0.4, 0.5) is 17.6 Å². The third-order valence-electron chi connectivity index (χ3n) is 2.52. The van der Waals surface area contributed by atoms with Gasteiger partial charge in [0.2, 0.25) is 0 Å². The van der Waals surface area contributed by atoms with Gasteiger partial charge in [-0.1, -0.05) is 23.7 Å². The number of nitrogens with zero attached hydrogens (tertiary/aromatic N) is 2. The van der Waals surface area contributed by atoms with E-state index in [4.69, 9.17) is 11.6 Å². The van der Waals surface area contributed by atoms with E-state index in [0.717, 1.165) is 23.1 Å². The molecule has 1 aromatic heterocycles. The number of ketones is 1. The summed E-state index contributed by atoms with van der Waals surface area (Å²) in [7, 11) is 0. The molecule has 1 heterocycles. The Morgan fingerprint density at radius 1 is 1.35 bits per heavy atom. The Bertz CT molecular complexity index is 651. The maximum Gasteiger partial charge on any atom is 0.454 e. The van der Waals surface area contributed by atoms with Crippen molar-refractivity contribution < 1.29 is 22.4 Å². The summed E-state index contributed by atoms with van der Waals surface area (Å²) in [5, 5.41) is 3.50. The molecule has 0 saturated carbocycles. The van der Waals surface area contributed by atoms with E-state index in [0.29, 0.717) is 5.56 Å². The molecule has 0 bridgehead atoms. The van der Waals surface area contributed by atoms with Gasteiger partial charge < -0.3 is 0 Å². The highest BCUT2D eigenvalue weighted by Gasteiger charge is 2.39. The van der Waals surface area contributed by atoms with Crippen molar-refractivity contribution in [3.05, 3.63) is 52.6 Å². The third kappa shape index (κ3) is 2.98. The minimum absolute atomic E-state index is 0.0399. The number of aromatic nitrogens is 2. The van der Waals surface area contributed by atoms with Gasteiger partial charge in [-0.3, -0.25) is 9.48 Å². The average Bonchev–Trinajstić information content (AvgIpc) is 2.81. The molecule has 0 spiro atoms. The summed E-state index contributed by atoms with van der Waals surface area (Å²) in [5.41, 5.74) is -0.231. The quantitative estimate of drug-likeness (QED) is 0.643. The Morgan fingerprint density at radius 2 is 2.05 bits per heavy atom. The van der Waals surface area contributed by atoms with E-state index >= 15 is 0 Å². The largest absolute Gasteiger partial charge is 0.454 e. The molecule has 3 nitrogen and oxygen atoms in total. The van der Waals surface area contributed by atoms with Crippen molar-refractivity contribution in [3.63, 3.8) is 0 Å². The number of carbonyl (C=O) groups excluding carboxylic acids is 1. The van der Waals surface area contributed by atoms with Gasteiger partial charge in [0, 0.05) is 6.20 Å². The smallest absolute Gasteiger partial charge is 0.284 e. The van der Waals surface area contributed by atoms with Gasteiger partial charge in [-0.05, 0) is 11.6 Å². The van der Waals surface area contributed by atoms with E-state index in [1.807, 2.05) is 0 Å². The summed E-state index contributed by atoms with van der Waals surface area (Å²) in [4.78, 5) is 11.0. The molecule has 106 valence electrons. The summed E-state index contributed by atoms with van der Waals surface area (Å²) in [6.45, 7) is -0.0399. The highest BCUT2D eigenvalue weighted by Crippen LogP contribution is 2.23. The maximum atomic E-state index is 13.2. The molecule has 0 unspecified atom stereocenters. The summed E-state index contributed by atoms with van der Waals surface area (Å²) in [6.07, 6.45) is -3.20. The predicted molar refractivity (Wildman–Crippen MR) is 63.1 cm³/mol. The highest BCUT2D eigenvalue weighted by molar-refractivity contribution is 6.31. The van der Waals surface area contributed by atoms with Gasteiger partial charge in [-0.25, -0.2) is 4.39 Å². The van der Waals surface area contributed by atoms with E-state index in [9.17, 15) is 22.4 Å². The number of rotatable bonds is 3. The van der Waals surface area contributed by atoms with Gasteiger partial charge in [-0.2, -0.15) is 18.3 Å². The van der Waals surface area contributed by atoms with Crippen LogP contribution >= 0.6 is 11.6 Å². The first-order chi connectivity index (χ1) is 9.29. The van der Waals surface area contributed by atoms with E-state index in [1.54, 1.807) is 0 Å². The van der Waals surface area contributed by atoms with Gasteiger partial charge in [0.15, 0.2) is 0 Å². The minimum Gasteiger partial charge on any atom is -0.284 e. The number of halogens is 5. The molecule has 0 amide bonds. The number of benzene rings is 1. The van der Waals surface area contributed by atoms with Crippen LogP contribution in [0.3, 0.4) is 0 Å². The second kappa shape index (κ2) is 5.24. The molecule has 20 heavy (non-hydrogen) atoms. The second-order valence-corrected chi connectivity index (χ2v) is 4.34. The summed E-state index contributed by atoms with van der Waals surface area (Å²) < 4.78 is 51.0.